The van der Waals surface area contributed by atoms with E-state index in [4.69, 9.17) is 8.83 Å². The third-order valence-corrected chi connectivity index (χ3v) is 4.43. The smallest absolute Gasteiger partial charge is 0.117 e. The summed E-state index contributed by atoms with van der Waals surface area (Å²) in [6.45, 7) is 5.58. The minimum absolute atomic E-state index is 0.496. The monoisotopic (exact) mass is 302 g/mol. The van der Waals surface area contributed by atoms with E-state index in [1.807, 2.05) is 26.0 Å². The summed E-state index contributed by atoms with van der Waals surface area (Å²) >= 11 is 0. The van der Waals surface area contributed by atoms with Crippen LogP contribution in [0.25, 0.3) is 0 Å². The van der Waals surface area contributed by atoms with Crippen LogP contribution in [-0.2, 0) is 13.1 Å². The average molecular weight is 302 g/mol. The summed E-state index contributed by atoms with van der Waals surface area (Å²) in [7, 11) is 0. The van der Waals surface area contributed by atoms with E-state index < -0.39 is 0 Å². The number of hydrogen-bond acceptors (Lipinski definition) is 4. The predicted molar refractivity (Wildman–Crippen MR) is 86.6 cm³/mol. The zero-order valence-corrected chi connectivity index (χ0v) is 13.5. The van der Waals surface area contributed by atoms with Crippen LogP contribution in [0.2, 0.25) is 0 Å². The van der Waals surface area contributed by atoms with Crippen LogP contribution in [0.1, 0.15) is 48.7 Å². The maximum absolute atomic E-state index is 5.64. The highest BCUT2D eigenvalue weighted by Gasteiger charge is 2.24. The molecule has 2 heterocycles. The van der Waals surface area contributed by atoms with Crippen LogP contribution in [0.3, 0.4) is 0 Å². The molecule has 1 saturated carbocycles. The van der Waals surface area contributed by atoms with E-state index in [0.29, 0.717) is 12.1 Å². The molecule has 0 saturated heterocycles. The van der Waals surface area contributed by atoms with Crippen molar-refractivity contribution in [2.75, 3.05) is 0 Å². The van der Waals surface area contributed by atoms with E-state index in [2.05, 4.69) is 22.8 Å². The van der Waals surface area contributed by atoms with Crippen molar-refractivity contribution in [2.24, 2.45) is 0 Å². The van der Waals surface area contributed by atoms with Crippen molar-refractivity contribution in [2.45, 2.75) is 64.7 Å². The minimum Gasteiger partial charge on any atom is -0.465 e. The van der Waals surface area contributed by atoms with Crippen LogP contribution < -0.4 is 10.6 Å². The molecule has 1 fully saturated rings. The molecule has 0 bridgehead atoms. The van der Waals surface area contributed by atoms with Crippen molar-refractivity contribution in [3.63, 3.8) is 0 Å². The zero-order chi connectivity index (χ0) is 15.4. The highest BCUT2D eigenvalue weighted by Crippen LogP contribution is 2.20. The molecule has 1 aliphatic rings. The van der Waals surface area contributed by atoms with Gasteiger partial charge in [0.25, 0.3) is 0 Å². The number of rotatable bonds is 6. The largest absolute Gasteiger partial charge is 0.465 e. The first-order chi connectivity index (χ1) is 10.7. The van der Waals surface area contributed by atoms with Crippen LogP contribution in [-0.4, -0.2) is 12.1 Å². The van der Waals surface area contributed by atoms with Gasteiger partial charge in [0.05, 0.1) is 13.1 Å². The van der Waals surface area contributed by atoms with E-state index in [-0.39, 0.29) is 0 Å². The lowest BCUT2D eigenvalue weighted by Crippen LogP contribution is -2.49. The molecule has 0 aromatic carbocycles. The van der Waals surface area contributed by atoms with Gasteiger partial charge in [0, 0.05) is 12.1 Å². The van der Waals surface area contributed by atoms with Gasteiger partial charge in [-0.2, -0.15) is 0 Å². The van der Waals surface area contributed by atoms with Gasteiger partial charge in [-0.1, -0.05) is 12.8 Å². The Labute approximate surface area is 132 Å². The van der Waals surface area contributed by atoms with Gasteiger partial charge in [0.2, 0.25) is 0 Å². The molecule has 2 aromatic rings. The lowest BCUT2D eigenvalue weighted by atomic mass is 9.90. The molecular formula is C18H26N2O2. The second-order valence-electron chi connectivity index (χ2n) is 6.28. The SMILES string of the molecule is Cc1ccc(CNC2CCCCC2NCc2ccc(C)o2)o1. The molecule has 2 N–H and O–H groups in total. The van der Waals surface area contributed by atoms with Crippen molar-refractivity contribution < 1.29 is 8.83 Å². The van der Waals surface area contributed by atoms with Crippen LogP contribution in [0.15, 0.2) is 33.1 Å². The van der Waals surface area contributed by atoms with Gasteiger partial charge in [-0.25, -0.2) is 0 Å². The molecule has 0 amide bonds. The highest BCUT2D eigenvalue weighted by molar-refractivity contribution is 5.07. The lowest BCUT2D eigenvalue weighted by Gasteiger charge is -2.32. The van der Waals surface area contributed by atoms with E-state index in [1.54, 1.807) is 0 Å². The van der Waals surface area contributed by atoms with Crippen molar-refractivity contribution >= 4 is 0 Å². The third kappa shape index (κ3) is 4.02. The molecule has 2 atom stereocenters. The van der Waals surface area contributed by atoms with E-state index >= 15 is 0 Å². The third-order valence-electron chi connectivity index (χ3n) is 4.43. The summed E-state index contributed by atoms with van der Waals surface area (Å²) in [6, 6.07) is 9.14. The van der Waals surface area contributed by atoms with Gasteiger partial charge in [-0.05, 0) is 51.0 Å². The Hall–Kier alpha value is -1.52. The molecule has 3 rings (SSSR count). The Kier molecular flexibility index (Phi) is 5.01. The molecular weight excluding hydrogens is 276 g/mol. The topological polar surface area (TPSA) is 50.3 Å². The number of nitrogens with one attached hydrogen (secondary N) is 2. The van der Waals surface area contributed by atoms with E-state index in [9.17, 15) is 0 Å². The molecule has 4 nitrogen and oxygen atoms in total. The summed E-state index contributed by atoms with van der Waals surface area (Å²) in [5.74, 6) is 3.98. The fourth-order valence-electron chi connectivity index (χ4n) is 3.24. The first-order valence-electron chi connectivity index (χ1n) is 8.28. The molecule has 0 aliphatic heterocycles. The van der Waals surface area contributed by atoms with Gasteiger partial charge in [0.1, 0.15) is 23.0 Å². The number of aryl methyl sites for hydroxylation is 2. The first kappa shape index (κ1) is 15.4. The predicted octanol–water partition coefficient (Wildman–Crippen LogP) is 3.68. The highest BCUT2D eigenvalue weighted by atomic mass is 16.3. The average Bonchev–Trinajstić information content (AvgIpc) is 3.12. The Balaban J connectivity index is 1.51. The van der Waals surface area contributed by atoms with Gasteiger partial charge in [0.15, 0.2) is 0 Å². The summed E-state index contributed by atoms with van der Waals surface area (Å²) in [6.07, 6.45) is 5.03. The fourth-order valence-corrected chi connectivity index (χ4v) is 3.24. The Morgan fingerprint density at radius 1 is 0.818 bits per heavy atom. The molecule has 4 heteroatoms. The quantitative estimate of drug-likeness (QED) is 0.854. The summed E-state index contributed by atoms with van der Waals surface area (Å²) in [5, 5.41) is 7.31. The molecule has 1 aliphatic carbocycles. The van der Waals surface area contributed by atoms with Gasteiger partial charge in [-0.15, -0.1) is 0 Å². The molecule has 2 aromatic heterocycles. The van der Waals surface area contributed by atoms with Crippen molar-refractivity contribution in [1.82, 2.24) is 10.6 Å². The molecule has 120 valence electrons. The second kappa shape index (κ2) is 7.16. The van der Waals surface area contributed by atoms with Crippen molar-refractivity contribution in [3.8, 4) is 0 Å². The Morgan fingerprint density at radius 2 is 1.27 bits per heavy atom. The number of hydrogen-bond donors (Lipinski definition) is 2. The van der Waals surface area contributed by atoms with Crippen LogP contribution in [0, 0.1) is 13.8 Å². The normalized spacial score (nSPS) is 22.1. The Bertz CT molecular complexity index is 535. The molecule has 22 heavy (non-hydrogen) atoms. The maximum Gasteiger partial charge on any atom is 0.117 e. The lowest BCUT2D eigenvalue weighted by molar-refractivity contribution is 0.269. The molecule has 0 radical (unpaired) electrons. The summed E-state index contributed by atoms with van der Waals surface area (Å²) in [4.78, 5) is 0. The second-order valence-corrected chi connectivity index (χ2v) is 6.28. The zero-order valence-electron chi connectivity index (χ0n) is 13.5. The minimum atomic E-state index is 0.496. The van der Waals surface area contributed by atoms with E-state index in [0.717, 1.165) is 36.1 Å². The first-order valence-corrected chi connectivity index (χ1v) is 8.28. The van der Waals surface area contributed by atoms with Crippen LogP contribution in [0.4, 0.5) is 0 Å². The van der Waals surface area contributed by atoms with Gasteiger partial charge in [-0.3, -0.25) is 0 Å². The molecule has 2 unspecified atom stereocenters. The summed E-state index contributed by atoms with van der Waals surface area (Å²) in [5.41, 5.74) is 0. The number of furan rings is 2. The Morgan fingerprint density at radius 3 is 1.64 bits per heavy atom. The standard InChI is InChI=1S/C18H26N2O2/c1-13-7-9-15(21-13)11-19-17-5-3-4-6-18(17)20-12-16-10-8-14(2)22-16/h7-10,17-20H,3-6,11-12H2,1-2H3. The summed E-state index contributed by atoms with van der Waals surface area (Å²) < 4.78 is 11.3. The molecule has 0 spiro atoms. The van der Waals surface area contributed by atoms with Crippen molar-refractivity contribution in [1.29, 1.82) is 0 Å². The van der Waals surface area contributed by atoms with Gasteiger partial charge < -0.3 is 19.5 Å². The van der Waals surface area contributed by atoms with Gasteiger partial charge >= 0.3 is 0 Å². The van der Waals surface area contributed by atoms with Crippen LogP contribution >= 0.6 is 0 Å². The van der Waals surface area contributed by atoms with Crippen molar-refractivity contribution in [3.05, 3.63) is 47.3 Å². The fraction of sp³-hybridized carbons (Fsp3) is 0.556. The van der Waals surface area contributed by atoms with E-state index in [1.165, 1.54) is 25.7 Å². The van der Waals surface area contributed by atoms with Crippen LogP contribution in [0.5, 0.6) is 0 Å². The maximum atomic E-state index is 5.64.